The minimum absolute atomic E-state index is 0.474. The molecule has 2 aromatic rings. The third kappa shape index (κ3) is 1.17. The average Bonchev–Trinajstić information content (AvgIpc) is 2.59. The van der Waals surface area contributed by atoms with E-state index in [9.17, 15) is 0 Å². The van der Waals surface area contributed by atoms with Gasteiger partial charge in [-0.2, -0.15) is 0 Å². The normalized spacial score (nSPS) is 21.3. The quantitative estimate of drug-likeness (QED) is 0.654. The van der Waals surface area contributed by atoms with E-state index in [1.807, 2.05) is 0 Å². The largest absolute Gasteiger partial charge is 0.328 e. The summed E-state index contributed by atoms with van der Waals surface area (Å²) >= 11 is 0. The molecule has 1 atom stereocenters. The van der Waals surface area contributed by atoms with Crippen LogP contribution in [-0.4, -0.2) is 23.1 Å². The Hall–Kier alpha value is -1.28. The van der Waals surface area contributed by atoms with Crippen LogP contribution in [-0.2, 0) is 6.42 Å². The number of fused-ring (bicyclic) bond motifs is 3. The van der Waals surface area contributed by atoms with E-state index in [1.54, 1.807) is 0 Å². The van der Waals surface area contributed by atoms with E-state index in [0.717, 1.165) is 0 Å². The van der Waals surface area contributed by atoms with Crippen molar-refractivity contribution in [1.82, 2.24) is 9.47 Å². The molecule has 0 aliphatic carbocycles. The van der Waals surface area contributed by atoms with Crippen LogP contribution in [0.2, 0.25) is 0 Å². The number of nitrogens with zero attached hydrogens (tertiary/aromatic N) is 2. The van der Waals surface area contributed by atoms with Crippen molar-refractivity contribution in [3.63, 3.8) is 0 Å². The summed E-state index contributed by atoms with van der Waals surface area (Å²) in [5.74, 6) is 0. The standard InChI is InChI=1S/C14H18N2/c1-10-12-6-4-5-7-14(12)16-11(2)15(3)9-8-13(10)16/h4-7,11H,8-9H2,1-3H3. The fourth-order valence-electron chi connectivity index (χ4n) is 2.88. The number of likely N-dealkylation sites (N-methyl/N-ethyl adjacent to an activating group) is 1. The molecule has 0 amide bonds. The SMILES string of the molecule is Cc1c2n(c3ccccc13)C(C)N(C)CC2. The van der Waals surface area contributed by atoms with Gasteiger partial charge in [0.1, 0.15) is 0 Å². The molecule has 1 aliphatic rings. The molecule has 1 aromatic carbocycles. The third-order valence-corrected chi connectivity index (χ3v) is 4.00. The third-order valence-electron chi connectivity index (χ3n) is 4.00. The Morgan fingerprint density at radius 2 is 2.00 bits per heavy atom. The van der Waals surface area contributed by atoms with Crippen LogP contribution in [0.4, 0.5) is 0 Å². The highest BCUT2D eigenvalue weighted by molar-refractivity contribution is 5.85. The van der Waals surface area contributed by atoms with E-state index in [2.05, 4.69) is 54.6 Å². The van der Waals surface area contributed by atoms with Crippen LogP contribution in [0.15, 0.2) is 24.3 Å². The van der Waals surface area contributed by atoms with Gasteiger partial charge in [0.05, 0.1) is 6.17 Å². The lowest BCUT2D eigenvalue weighted by atomic mass is 10.1. The Bertz CT molecular complexity index is 539. The maximum Gasteiger partial charge on any atom is 0.0836 e. The van der Waals surface area contributed by atoms with Gasteiger partial charge in [0.25, 0.3) is 0 Å². The number of para-hydroxylation sites is 1. The molecule has 0 spiro atoms. The Labute approximate surface area is 96.5 Å². The van der Waals surface area contributed by atoms with E-state index < -0.39 is 0 Å². The smallest absolute Gasteiger partial charge is 0.0836 e. The zero-order valence-electron chi connectivity index (χ0n) is 10.2. The van der Waals surface area contributed by atoms with Gasteiger partial charge >= 0.3 is 0 Å². The molecule has 84 valence electrons. The first-order valence-corrected chi connectivity index (χ1v) is 5.99. The minimum Gasteiger partial charge on any atom is -0.328 e. The van der Waals surface area contributed by atoms with E-state index in [-0.39, 0.29) is 0 Å². The number of hydrogen-bond acceptors (Lipinski definition) is 1. The molecular weight excluding hydrogens is 196 g/mol. The topological polar surface area (TPSA) is 8.17 Å². The molecule has 1 aromatic heterocycles. The Balaban J connectivity index is 2.36. The van der Waals surface area contributed by atoms with Crippen LogP contribution in [0.25, 0.3) is 10.9 Å². The van der Waals surface area contributed by atoms with Gasteiger partial charge in [-0.05, 0) is 32.5 Å². The molecule has 3 rings (SSSR count). The molecule has 0 radical (unpaired) electrons. The molecule has 1 unspecified atom stereocenters. The fraction of sp³-hybridized carbons (Fsp3) is 0.429. The number of aryl methyl sites for hydroxylation is 1. The first-order chi connectivity index (χ1) is 7.70. The molecular formula is C14H18N2. The van der Waals surface area contributed by atoms with Crippen molar-refractivity contribution in [3.05, 3.63) is 35.5 Å². The molecule has 0 bridgehead atoms. The zero-order chi connectivity index (χ0) is 11.3. The summed E-state index contributed by atoms with van der Waals surface area (Å²) in [5, 5.41) is 1.42. The van der Waals surface area contributed by atoms with Crippen molar-refractivity contribution < 1.29 is 0 Å². The molecule has 0 N–H and O–H groups in total. The lowest BCUT2D eigenvalue weighted by molar-refractivity contribution is 0.173. The Morgan fingerprint density at radius 3 is 2.81 bits per heavy atom. The number of benzene rings is 1. The lowest BCUT2D eigenvalue weighted by Gasteiger charge is -2.33. The lowest BCUT2D eigenvalue weighted by Crippen LogP contribution is -2.34. The van der Waals surface area contributed by atoms with Crippen molar-refractivity contribution in [2.24, 2.45) is 0 Å². The summed E-state index contributed by atoms with van der Waals surface area (Å²) in [6.45, 7) is 5.71. The van der Waals surface area contributed by atoms with Gasteiger partial charge in [-0.3, -0.25) is 4.90 Å². The van der Waals surface area contributed by atoms with Crippen molar-refractivity contribution in [2.45, 2.75) is 26.4 Å². The molecule has 16 heavy (non-hydrogen) atoms. The molecule has 2 nitrogen and oxygen atoms in total. The maximum atomic E-state index is 2.49. The van der Waals surface area contributed by atoms with Gasteiger partial charge in [0.15, 0.2) is 0 Å². The van der Waals surface area contributed by atoms with E-state index >= 15 is 0 Å². The van der Waals surface area contributed by atoms with Crippen LogP contribution >= 0.6 is 0 Å². The van der Waals surface area contributed by atoms with Crippen molar-refractivity contribution in [1.29, 1.82) is 0 Å². The van der Waals surface area contributed by atoms with E-state index in [0.29, 0.717) is 6.17 Å². The fourth-order valence-corrected chi connectivity index (χ4v) is 2.88. The number of aromatic nitrogens is 1. The van der Waals surface area contributed by atoms with Gasteiger partial charge in [-0.25, -0.2) is 0 Å². The summed E-state index contributed by atoms with van der Waals surface area (Å²) in [4.78, 5) is 2.42. The molecule has 2 heteroatoms. The second kappa shape index (κ2) is 3.36. The van der Waals surface area contributed by atoms with Crippen molar-refractivity contribution in [2.75, 3.05) is 13.6 Å². The molecule has 2 heterocycles. The van der Waals surface area contributed by atoms with E-state index in [1.165, 1.54) is 35.1 Å². The summed E-state index contributed by atoms with van der Waals surface area (Å²) in [6, 6.07) is 8.75. The van der Waals surface area contributed by atoms with Gasteiger partial charge in [-0.15, -0.1) is 0 Å². The summed E-state index contributed by atoms with van der Waals surface area (Å²) in [5.41, 5.74) is 4.37. The number of rotatable bonds is 0. The predicted octanol–water partition coefficient (Wildman–Crippen LogP) is 2.96. The zero-order valence-corrected chi connectivity index (χ0v) is 10.2. The maximum absolute atomic E-state index is 2.49. The summed E-state index contributed by atoms with van der Waals surface area (Å²) in [6.07, 6.45) is 1.64. The van der Waals surface area contributed by atoms with E-state index in [4.69, 9.17) is 0 Å². The predicted molar refractivity (Wildman–Crippen MR) is 67.7 cm³/mol. The van der Waals surface area contributed by atoms with Gasteiger partial charge < -0.3 is 4.57 Å². The minimum atomic E-state index is 0.474. The second-order valence-corrected chi connectivity index (χ2v) is 4.82. The van der Waals surface area contributed by atoms with Crippen LogP contribution < -0.4 is 0 Å². The summed E-state index contributed by atoms with van der Waals surface area (Å²) in [7, 11) is 2.21. The molecule has 0 saturated carbocycles. The first kappa shape index (κ1) is 9.91. The van der Waals surface area contributed by atoms with Gasteiger partial charge in [-0.1, -0.05) is 18.2 Å². The number of hydrogen-bond donors (Lipinski definition) is 0. The first-order valence-electron chi connectivity index (χ1n) is 5.99. The monoisotopic (exact) mass is 214 g/mol. The molecule has 1 aliphatic heterocycles. The summed E-state index contributed by atoms with van der Waals surface area (Å²) < 4.78 is 2.49. The van der Waals surface area contributed by atoms with Crippen LogP contribution in [0.1, 0.15) is 24.3 Å². The Morgan fingerprint density at radius 1 is 1.25 bits per heavy atom. The molecule has 0 saturated heterocycles. The van der Waals surface area contributed by atoms with Crippen molar-refractivity contribution in [3.8, 4) is 0 Å². The average molecular weight is 214 g/mol. The molecule has 0 fully saturated rings. The van der Waals surface area contributed by atoms with Crippen LogP contribution in [0.5, 0.6) is 0 Å². The van der Waals surface area contributed by atoms with Crippen LogP contribution in [0.3, 0.4) is 0 Å². The highest BCUT2D eigenvalue weighted by atomic mass is 15.3. The van der Waals surface area contributed by atoms with Crippen molar-refractivity contribution >= 4 is 10.9 Å². The van der Waals surface area contributed by atoms with Crippen LogP contribution in [0, 0.1) is 6.92 Å². The van der Waals surface area contributed by atoms with Gasteiger partial charge in [0.2, 0.25) is 0 Å². The second-order valence-electron chi connectivity index (χ2n) is 4.82. The highest BCUT2D eigenvalue weighted by Crippen LogP contribution is 2.32. The highest BCUT2D eigenvalue weighted by Gasteiger charge is 2.24. The van der Waals surface area contributed by atoms with Gasteiger partial charge in [0, 0.05) is 29.6 Å². The Kier molecular flexibility index (Phi) is 2.08.